The minimum Gasteiger partial charge on any atom is -0.467 e. The van der Waals surface area contributed by atoms with Gasteiger partial charge in [0.25, 0.3) is 5.91 Å². The van der Waals surface area contributed by atoms with Crippen LogP contribution in [0.25, 0.3) is 0 Å². The third kappa shape index (κ3) is 4.14. The summed E-state index contributed by atoms with van der Waals surface area (Å²) in [5.74, 6) is 0.0119. The molecular weight excluding hydrogens is 358 g/mol. The summed E-state index contributed by atoms with van der Waals surface area (Å²) in [5, 5.41) is 0. The van der Waals surface area contributed by atoms with Crippen LogP contribution in [-0.4, -0.2) is 33.4 Å². The number of furan rings is 1. The van der Waals surface area contributed by atoms with Crippen molar-refractivity contribution in [3.63, 3.8) is 0 Å². The van der Waals surface area contributed by atoms with E-state index in [1.165, 1.54) is 0 Å². The Hall–Kier alpha value is -3.35. The van der Waals surface area contributed by atoms with Gasteiger partial charge in [0, 0.05) is 24.6 Å². The molecule has 0 bridgehead atoms. The second-order valence-electron chi connectivity index (χ2n) is 6.45. The first-order valence-electron chi connectivity index (χ1n) is 9.08. The molecule has 0 unspecified atom stereocenters. The SMILES string of the molecule is CCOC(=O)c1c(C)[nH]c(C(=O)N(Cc2cccnc2)Cc2ccco2)c1C. The first-order valence-corrected chi connectivity index (χ1v) is 9.08. The maximum Gasteiger partial charge on any atom is 0.340 e. The highest BCUT2D eigenvalue weighted by Crippen LogP contribution is 2.22. The Bertz CT molecular complexity index is 946. The molecule has 7 heteroatoms. The van der Waals surface area contributed by atoms with Gasteiger partial charge in [-0.1, -0.05) is 6.07 Å². The van der Waals surface area contributed by atoms with Gasteiger partial charge in [-0.2, -0.15) is 0 Å². The lowest BCUT2D eigenvalue weighted by atomic mass is 10.1. The van der Waals surface area contributed by atoms with Crippen LogP contribution in [-0.2, 0) is 17.8 Å². The molecule has 0 saturated carbocycles. The average molecular weight is 381 g/mol. The average Bonchev–Trinajstić information content (AvgIpc) is 3.29. The van der Waals surface area contributed by atoms with Crippen LogP contribution in [0.15, 0.2) is 47.3 Å². The molecule has 0 atom stereocenters. The number of amides is 1. The van der Waals surface area contributed by atoms with Gasteiger partial charge in [0.1, 0.15) is 11.5 Å². The molecule has 0 aliphatic heterocycles. The van der Waals surface area contributed by atoms with Crippen molar-refractivity contribution in [2.75, 3.05) is 6.61 Å². The number of ether oxygens (including phenoxy) is 1. The number of carbonyl (C=O) groups is 2. The molecule has 0 aliphatic carbocycles. The maximum atomic E-state index is 13.3. The molecule has 0 saturated heterocycles. The van der Waals surface area contributed by atoms with Gasteiger partial charge in [0.05, 0.1) is 25.0 Å². The fourth-order valence-corrected chi connectivity index (χ4v) is 3.13. The smallest absolute Gasteiger partial charge is 0.340 e. The van der Waals surface area contributed by atoms with Crippen LogP contribution >= 0.6 is 0 Å². The molecule has 28 heavy (non-hydrogen) atoms. The van der Waals surface area contributed by atoms with E-state index in [-0.39, 0.29) is 12.5 Å². The second kappa shape index (κ2) is 8.56. The van der Waals surface area contributed by atoms with E-state index in [0.717, 1.165) is 5.56 Å². The van der Waals surface area contributed by atoms with Crippen molar-refractivity contribution in [3.05, 3.63) is 76.8 Å². The molecule has 0 aromatic carbocycles. The van der Waals surface area contributed by atoms with E-state index in [1.807, 2.05) is 18.2 Å². The van der Waals surface area contributed by atoms with Gasteiger partial charge in [-0.25, -0.2) is 4.79 Å². The number of nitrogens with zero attached hydrogens (tertiary/aromatic N) is 2. The number of carbonyl (C=O) groups excluding carboxylic acids is 2. The van der Waals surface area contributed by atoms with E-state index in [4.69, 9.17) is 9.15 Å². The van der Waals surface area contributed by atoms with Gasteiger partial charge in [-0.15, -0.1) is 0 Å². The number of esters is 1. The third-order valence-electron chi connectivity index (χ3n) is 4.44. The van der Waals surface area contributed by atoms with Crippen LogP contribution in [0.5, 0.6) is 0 Å². The Labute approximate surface area is 163 Å². The highest BCUT2D eigenvalue weighted by molar-refractivity contribution is 6.00. The molecule has 3 aromatic rings. The van der Waals surface area contributed by atoms with E-state index in [2.05, 4.69) is 9.97 Å². The number of rotatable bonds is 7. The molecule has 3 rings (SSSR count). The van der Waals surface area contributed by atoms with Gasteiger partial charge in [-0.3, -0.25) is 9.78 Å². The van der Waals surface area contributed by atoms with Crippen molar-refractivity contribution in [1.82, 2.24) is 14.9 Å². The van der Waals surface area contributed by atoms with E-state index in [0.29, 0.717) is 41.4 Å². The van der Waals surface area contributed by atoms with Crippen molar-refractivity contribution in [2.24, 2.45) is 0 Å². The van der Waals surface area contributed by atoms with Gasteiger partial charge < -0.3 is 19.0 Å². The number of hydrogen-bond acceptors (Lipinski definition) is 5. The molecule has 1 amide bonds. The largest absolute Gasteiger partial charge is 0.467 e. The van der Waals surface area contributed by atoms with Crippen LogP contribution in [0.1, 0.15) is 50.4 Å². The molecule has 146 valence electrons. The number of aromatic nitrogens is 2. The standard InChI is InChI=1S/C21H23N3O4/c1-4-27-21(26)18-14(2)19(23-15(18)3)20(25)24(13-17-8-6-10-28-17)12-16-7-5-9-22-11-16/h5-11,23H,4,12-13H2,1-3H3. The van der Waals surface area contributed by atoms with Crippen LogP contribution < -0.4 is 0 Å². The minimum atomic E-state index is -0.433. The predicted molar refractivity (Wildman–Crippen MR) is 103 cm³/mol. The van der Waals surface area contributed by atoms with Crippen molar-refractivity contribution in [1.29, 1.82) is 0 Å². The summed E-state index contributed by atoms with van der Waals surface area (Å²) in [5.41, 5.74) is 2.87. The first-order chi connectivity index (χ1) is 13.5. The summed E-state index contributed by atoms with van der Waals surface area (Å²) in [7, 11) is 0. The molecule has 3 aromatic heterocycles. The van der Waals surface area contributed by atoms with E-state index >= 15 is 0 Å². The Morgan fingerprint density at radius 1 is 1.21 bits per heavy atom. The minimum absolute atomic E-state index is 0.226. The Kier molecular flexibility index (Phi) is 5.93. The highest BCUT2D eigenvalue weighted by Gasteiger charge is 2.26. The highest BCUT2D eigenvalue weighted by atomic mass is 16.5. The number of hydrogen-bond donors (Lipinski definition) is 1. The third-order valence-corrected chi connectivity index (χ3v) is 4.44. The fraction of sp³-hybridized carbons (Fsp3) is 0.286. The second-order valence-corrected chi connectivity index (χ2v) is 6.45. The molecule has 1 N–H and O–H groups in total. The molecule has 0 radical (unpaired) electrons. The summed E-state index contributed by atoms with van der Waals surface area (Å²) in [6.45, 7) is 6.19. The predicted octanol–water partition coefficient (Wildman–Crippen LogP) is 3.64. The van der Waals surface area contributed by atoms with Crippen molar-refractivity contribution < 1.29 is 18.7 Å². The van der Waals surface area contributed by atoms with Gasteiger partial charge in [-0.05, 0) is 50.1 Å². The molecule has 0 aliphatic rings. The number of H-pyrrole nitrogens is 1. The van der Waals surface area contributed by atoms with Crippen LogP contribution in [0.4, 0.5) is 0 Å². The Balaban J connectivity index is 1.92. The number of aryl methyl sites for hydroxylation is 1. The Morgan fingerprint density at radius 2 is 2.04 bits per heavy atom. The first kappa shape index (κ1) is 19.4. The summed E-state index contributed by atoms with van der Waals surface area (Å²) in [6, 6.07) is 7.34. The van der Waals surface area contributed by atoms with Crippen LogP contribution in [0.2, 0.25) is 0 Å². The zero-order chi connectivity index (χ0) is 20.1. The lowest BCUT2D eigenvalue weighted by Crippen LogP contribution is -2.31. The number of pyridine rings is 1. The lowest BCUT2D eigenvalue weighted by Gasteiger charge is -2.21. The zero-order valence-electron chi connectivity index (χ0n) is 16.2. The molecule has 3 heterocycles. The monoisotopic (exact) mass is 381 g/mol. The molecule has 0 fully saturated rings. The van der Waals surface area contributed by atoms with Gasteiger partial charge >= 0.3 is 5.97 Å². The van der Waals surface area contributed by atoms with Crippen LogP contribution in [0.3, 0.4) is 0 Å². The van der Waals surface area contributed by atoms with Crippen molar-refractivity contribution in [3.8, 4) is 0 Å². The number of aromatic amines is 1. The Morgan fingerprint density at radius 3 is 2.68 bits per heavy atom. The summed E-state index contributed by atoms with van der Waals surface area (Å²) < 4.78 is 10.5. The summed E-state index contributed by atoms with van der Waals surface area (Å²) in [6.07, 6.45) is 4.98. The van der Waals surface area contributed by atoms with E-state index in [1.54, 1.807) is 50.4 Å². The van der Waals surface area contributed by atoms with Gasteiger partial charge in [0.15, 0.2) is 0 Å². The number of nitrogens with one attached hydrogen (secondary N) is 1. The fourth-order valence-electron chi connectivity index (χ4n) is 3.13. The molecule has 0 spiro atoms. The summed E-state index contributed by atoms with van der Waals surface area (Å²) in [4.78, 5) is 34.4. The van der Waals surface area contributed by atoms with E-state index in [9.17, 15) is 9.59 Å². The lowest BCUT2D eigenvalue weighted by molar-refractivity contribution is 0.0525. The molecule has 7 nitrogen and oxygen atoms in total. The summed E-state index contributed by atoms with van der Waals surface area (Å²) >= 11 is 0. The normalized spacial score (nSPS) is 10.7. The molecular formula is C21H23N3O4. The zero-order valence-corrected chi connectivity index (χ0v) is 16.2. The van der Waals surface area contributed by atoms with E-state index < -0.39 is 5.97 Å². The van der Waals surface area contributed by atoms with Gasteiger partial charge in [0.2, 0.25) is 0 Å². The quantitative estimate of drug-likeness (QED) is 0.631. The maximum absolute atomic E-state index is 13.3. The topological polar surface area (TPSA) is 88.4 Å². The van der Waals surface area contributed by atoms with Crippen molar-refractivity contribution >= 4 is 11.9 Å². The van der Waals surface area contributed by atoms with Crippen LogP contribution in [0, 0.1) is 13.8 Å². The van der Waals surface area contributed by atoms with Crippen molar-refractivity contribution in [2.45, 2.75) is 33.9 Å².